The molecule has 1 atom stereocenters. The monoisotopic (exact) mass is 205 g/mol. The number of rotatable bonds is 3. The molecule has 1 unspecified atom stereocenters. The fourth-order valence-corrected chi connectivity index (χ4v) is 1.52. The van der Waals surface area contributed by atoms with Crippen LogP contribution in [0.3, 0.4) is 0 Å². The van der Waals surface area contributed by atoms with E-state index >= 15 is 0 Å². The molecule has 0 amide bonds. The molecule has 4 heteroatoms. The third kappa shape index (κ3) is 2.34. The van der Waals surface area contributed by atoms with Crippen molar-refractivity contribution in [3.8, 4) is 0 Å². The Morgan fingerprint density at radius 1 is 1.47 bits per heavy atom. The van der Waals surface area contributed by atoms with Gasteiger partial charge in [-0.3, -0.25) is 0 Å². The van der Waals surface area contributed by atoms with Gasteiger partial charge in [-0.15, -0.1) is 0 Å². The summed E-state index contributed by atoms with van der Waals surface area (Å²) >= 11 is 0. The molecule has 2 rings (SSSR count). The highest BCUT2D eigenvalue weighted by molar-refractivity contribution is 6.32. The maximum atomic E-state index is 10.5. The second-order valence-corrected chi connectivity index (χ2v) is 3.39. The van der Waals surface area contributed by atoms with Crippen LogP contribution in [0.4, 0.5) is 0 Å². The Labute approximate surface area is 87.2 Å². The molecular weight excluding hydrogens is 194 g/mol. The Kier molecular flexibility index (Phi) is 2.67. The van der Waals surface area contributed by atoms with Crippen molar-refractivity contribution in [2.45, 2.75) is 12.5 Å². The maximum absolute atomic E-state index is 10.5. The molecule has 78 valence electrons. The molecule has 0 bridgehead atoms. The van der Waals surface area contributed by atoms with E-state index in [4.69, 9.17) is 9.84 Å². The van der Waals surface area contributed by atoms with Gasteiger partial charge in [0.15, 0.2) is 0 Å². The lowest BCUT2D eigenvalue weighted by molar-refractivity contribution is -0.130. The van der Waals surface area contributed by atoms with Crippen molar-refractivity contribution in [3.63, 3.8) is 0 Å². The van der Waals surface area contributed by atoms with Crippen LogP contribution in [-0.2, 0) is 16.0 Å². The third-order valence-electron chi connectivity index (χ3n) is 2.21. The van der Waals surface area contributed by atoms with Gasteiger partial charge in [0.2, 0.25) is 0 Å². The summed E-state index contributed by atoms with van der Waals surface area (Å²) in [5, 5.41) is 8.64. The van der Waals surface area contributed by atoms with E-state index in [1.165, 1.54) is 0 Å². The average Bonchev–Trinajstić information content (AvgIpc) is 2.68. The van der Waals surface area contributed by atoms with E-state index in [1.54, 1.807) is 0 Å². The van der Waals surface area contributed by atoms with Crippen LogP contribution >= 0.6 is 0 Å². The summed E-state index contributed by atoms with van der Waals surface area (Å²) in [5.41, 5.74) is 1.14. The SMILES string of the molecule is O=C(O)C1=NC(Cc2ccccc2)CO1. The van der Waals surface area contributed by atoms with Crippen LogP contribution in [-0.4, -0.2) is 29.6 Å². The molecule has 0 aromatic heterocycles. The first-order chi connectivity index (χ1) is 7.25. The predicted molar refractivity (Wildman–Crippen MR) is 55.0 cm³/mol. The van der Waals surface area contributed by atoms with Gasteiger partial charge in [-0.1, -0.05) is 30.3 Å². The number of nitrogens with zero attached hydrogens (tertiary/aromatic N) is 1. The van der Waals surface area contributed by atoms with E-state index in [-0.39, 0.29) is 11.9 Å². The quantitative estimate of drug-likeness (QED) is 0.804. The lowest BCUT2D eigenvalue weighted by Crippen LogP contribution is -2.12. The van der Waals surface area contributed by atoms with Crippen LogP contribution in [0.25, 0.3) is 0 Å². The fraction of sp³-hybridized carbons (Fsp3) is 0.273. The molecule has 1 aliphatic heterocycles. The Balaban J connectivity index is 2.01. The molecule has 4 nitrogen and oxygen atoms in total. The zero-order chi connectivity index (χ0) is 10.7. The molecule has 1 heterocycles. The van der Waals surface area contributed by atoms with Crippen molar-refractivity contribution in [2.75, 3.05) is 6.61 Å². The van der Waals surface area contributed by atoms with E-state index in [0.717, 1.165) is 12.0 Å². The first kappa shape index (κ1) is 9.71. The maximum Gasteiger partial charge on any atom is 0.391 e. The second-order valence-electron chi connectivity index (χ2n) is 3.39. The van der Waals surface area contributed by atoms with Crippen molar-refractivity contribution in [2.24, 2.45) is 4.99 Å². The molecule has 1 N–H and O–H groups in total. The lowest BCUT2D eigenvalue weighted by atomic mass is 10.1. The van der Waals surface area contributed by atoms with Gasteiger partial charge in [0, 0.05) is 0 Å². The molecule has 0 fully saturated rings. The van der Waals surface area contributed by atoms with Gasteiger partial charge in [-0.2, -0.15) is 0 Å². The topological polar surface area (TPSA) is 58.9 Å². The molecule has 15 heavy (non-hydrogen) atoms. The summed E-state index contributed by atoms with van der Waals surface area (Å²) in [6.45, 7) is 0.358. The average molecular weight is 205 g/mol. The van der Waals surface area contributed by atoms with Gasteiger partial charge in [0.25, 0.3) is 5.90 Å². The van der Waals surface area contributed by atoms with Gasteiger partial charge in [0.05, 0.1) is 6.04 Å². The highest BCUT2D eigenvalue weighted by Gasteiger charge is 2.23. The molecule has 1 aromatic rings. The Bertz CT molecular complexity index is 386. The molecule has 0 spiro atoms. The first-order valence-electron chi connectivity index (χ1n) is 4.73. The van der Waals surface area contributed by atoms with Gasteiger partial charge < -0.3 is 9.84 Å². The van der Waals surface area contributed by atoms with E-state index in [2.05, 4.69) is 4.99 Å². The van der Waals surface area contributed by atoms with Crippen molar-refractivity contribution in [3.05, 3.63) is 35.9 Å². The van der Waals surface area contributed by atoms with E-state index < -0.39 is 5.97 Å². The van der Waals surface area contributed by atoms with Crippen molar-refractivity contribution < 1.29 is 14.6 Å². The molecule has 1 aromatic carbocycles. The summed E-state index contributed by atoms with van der Waals surface area (Å²) < 4.78 is 4.95. The smallest absolute Gasteiger partial charge is 0.391 e. The van der Waals surface area contributed by atoms with E-state index in [9.17, 15) is 4.79 Å². The van der Waals surface area contributed by atoms with Crippen LogP contribution in [0, 0.1) is 0 Å². The standard InChI is InChI=1S/C11H11NO3/c13-11(14)10-12-9(7-15-10)6-8-4-2-1-3-5-8/h1-5,9H,6-7H2,(H,13,14). The van der Waals surface area contributed by atoms with Gasteiger partial charge in [-0.05, 0) is 12.0 Å². The number of carboxylic acid groups (broad SMARTS) is 1. The summed E-state index contributed by atoms with van der Waals surface area (Å²) in [6.07, 6.45) is 0.720. The zero-order valence-electron chi connectivity index (χ0n) is 8.09. The highest BCUT2D eigenvalue weighted by atomic mass is 16.5. The van der Waals surface area contributed by atoms with Crippen LogP contribution in [0.15, 0.2) is 35.3 Å². The minimum absolute atomic E-state index is 0.0708. The van der Waals surface area contributed by atoms with Crippen molar-refractivity contribution >= 4 is 11.9 Å². The van der Waals surface area contributed by atoms with Crippen LogP contribution < -0.4 is 0 Å². The predicted octanol–water partition coefficient (Wildman–Crippen LogP) is 1.11. The van der Waals surface area contributed by atoms with Gasteiger partial charge in [-0.25, -0.2) is 9.79 Å². The van der Waals surface area contributed by atoms with Gasteiger partial charge >= 0.3 is 5.97 Å². The normalized spacial score (nSPS) is 19.5. The molecule has 0 saturated heterocycles. The number of carbonyl (C=O) groups is 1. The number of hydrogen-bond acceptors (Lipinski definition) is 3. The Morgan fingerprint density at radius 2 is 2.20 bits per heavy atom. The molecule has 0 aliphatic carbocycles. The minimum atomic E-state index is -1.09. The number of carboxylic acids is 1. The molecule has 0 radical (unpaired) electrons. The Morgan fingerprint density at radius 3 is 2.80 bits per heavy atom. The summed E-state index contributed by atoms with van der Waals surface area (Å²) in [7, 11) is 0. The largest absolute Gasteiger partial charge is 0.474 e. The minimum Gasteiger partial charge on any atom is -0.474 e. The van der Waals surface area contributed by atoms with Gasteiger partial charge in [0.1, 0.15) is 6.61 Å². The first-order valence-corrected chi connectivity index (χ1v) is 4.73. The molecular formula is C11H11NO3. The third-order valence-corrected chi connectivity index (χ3v) is 2.21. The van der Waals surface area contributed by atoms with Crippen LogP contribution in [0.1, 0.15) is 5.56 Å². The summed E-state index contributed by atoms with van der Waals surface area (Å²) in [5.74, 6) is -1.26. The number of ether oxygens (including phenoxy) is 1. The number of aliphatic imine (C=N–C) groups is 1. The number of benzene rings is 1. The van der Waals surface area contributed by atoms with Crippen LogP contribution in [0.5, 0.6) is 0 Å². The van der Waals surface area contributed by atoms with Crippen molar-refractivity contribution in [1.29, 1.82) is 0 Å². The van der Waals surface area contributed by atoms with Crippen LogP contribution in [0.2, 0.25) is 0 Å². The fourth-order valence-electron chi connectivity index (χ4n) is 1.52. The molecule has 1 aliphatic rings. The van der Waals surface area contributed by atoms with E-state index in [0.29, 0.717) is 6.61 Å². The number of aliphatic carboxylic acids is 1. The second kappa shape index (κ2) is 4.13. The summed E-state index contributed by atoms with van der Waals surface area (Å²) in [4.78, 5) is 14.5. The van der Waals surface area contributed by atoms with E-state index in [1.807, 2.05) is 30.3 Å². The summed E-state index contributed by atoms with van der Waals surface area (Å²) in [6, 6.07) is 9.77. The highest BCUT2D eigenvalue weighted by Crippen LogP contribution is 2.11. The lowest BCUT2D eigenvalue weighted by Gasteiger charge is -2.03. The number of hydrogen-bond donors (Lipinski definition) is 1. The molecule has 0 saturated carbocycles. The van der Waals surface area contributed by atoms with Crippen molar-refractivity contribution in [1.82, 2.24) is 0 Å². The zero-order valence-corrected chi connectivity index (χ0v) is 8.09. The Hall–Kier alpha value is -1.84.